The van der Waals surface area contributed by atoms with Gasteiger partial charge in [-0.3, -0.25) is 0 Å². The number of benzene rings is 1. The lowest BCUT2D eigenvalue weighted by Crippen LogP contribution is -2.26. The van der Waals surface area contributed by atoms with Gasteiger partial charge in [0.1, 0.15) is 5.75 Å². The summed E-state index contributed by atoms with van der Waals surface area (Å²) in [5.74, 6) is 2.43. The molecule has 19 heavy (non-hydrogen) atoms. The molecular weight excluding hydrogens is 234 g/mol. The third-order valence-corrected chi connectivity index (χ3v) is 3.36. The molecule has 1 saturated carbocycles. The Balaban J connectivity index is 1.77. The number of nitrogens with one attached hydrogen (secondary N) is 1. The molecule has 1 unspecified atom stereocenters. The Bertz CT molecular complexity index is 385. The maximum Gasteiger partial charge on any atom is 0.119 e. The fraction of sp³-hybridized carbons (Fsp3) is 0.647. The van der Waals surface area contributed by atoms with E-state index >= 15 is 0 Å². The summed E-state index contributed by atoms with van der Waals surface area (Å²) >= 11 is 0. The van der Waals surface area contributed by atoms with Crippen LogP contribution >= 0.6 is 0 Å². The second-order valence-electron chi connectivity index (χ2n) is 6.33. The molecule has 1 fully saturated rings. The van der Waals surface area contributed by atoms with E-state index in [1.54, 1.807) is 0 Å². The Morgan fingerprint density at radius 1 is 1.21 bits per heavy atom. The second-order valence-corrected chi connectivity index (χ2v) is 6.33. The van der Waals surface area contributed by atoms with E-state index in [0.717, 1.165) is 31.2 Å². The molecule has 0 aromatic heterocycles. The number of ether oxygens (including phenoxy) is 1. The molecule has 1 aliphatic rings. The topological polar surface area (TPSA) is 21.3 Å². The van der Waals surface area contributed by atoms with Crippen LogP contribution < -0.4 is 10.1 Å². The molecule has 1 aliphatic carbocycles. The van der Waals surface area contributed by atoms with Gasteiger partial charge < -0.3 is 10.1 Å². The van der Waals surface area contributed by atoms with Gasteiger partial charge in [0.2, 0.25) is 0 Å². The van der Waals surface area contributed by atoms with Crippen molar-refractivity contribution in [3.8, 4) is 5.75 Å². The highest BCUT2D eigenvalue weighted by Crippen LogP contribution is 2.27. The minimum atomic E-state index is 0.486. The molecule has 0 bridgehead atoms. The van der Waals surface area contributed by atoms with Gasteiger partial charge in [0.05, 0.1) is 6.10 Å². The van der Waals surface area contributed by atoms with E-state index in [1.165, 1.54) is 18.4 Å². The Morgan fingerprint density at radius 2 is 2.00 bits per heavy atom. The lowest BCUT2D eigenvalue weighted by Gasteiger charge is -2.14. The molecule has 0 radical (unpaired) electrons. The second kappa shape index (κ2) is 6.95. The number of hydrogen-bond donors (Lipinski definition) is 1. The molecule has 1 aromatic rings. The van der Waals surface area contributed by atoms with E-state index in [9.17, 15) is 0 Å². The normalized spacial score (nSPS) is 16.6. The zero-order chi connectivity index (χ0) is 13.7. The van der Waals surface area contributed by atoms with Crippen LogP contribution in [0.1, 0.15) is 39.2 Å². The van der Waals surface area contributed by atoms with Gasteiger partial charge in [-0.25, -0.2) is 0 Å². The van der Waals surface area contributed by atoms with E-state index in [2.05, 4.69) is 50.4 Å². The quantitative estimate of drug-likeness (QED) is 0.771. The molecule has 106 valence electrons. The standard InChI is InChI=1S/C17H27NO/c1-13(2)11-18-12-14(3)9-15-5-4-6-17(10-15)19-16-7-8-16/h4-6,10,13-14,16,18H,7-9,11-12H2,1-3H3. The van der Waals surface area contributed by atoms with E-state index in [-0.39, 0.29) is 0 Å². The highest BCUT2D eigenvalue weighted by molar-refractivity contribution is 5.29. The molecule has 1 atom stereocenters. The van der Waals surface area contributed by atoms with Crippen LogP contribution in [-0.4, -0.2) is 19.2 Å². The highest BCUT2D eigenvalue weighted by Gasteiger charge is 2.23. The molecule has 2 rings (SSSR count). The molecule has 1 N–H and O–H groups in total. The van der Waals surface area contributed by atoms with Crippen LogP contribution in [0.15, 0.2) is 24.3 Å². The Labute approximate surface area is 117 Å². The fourth-order valence-electron chi connectivity index (χ4n) is 2.22. The van der Waals surface area contributed by atoms with Gasteiger partial charge in [0, 0.05) is 0 Å². The lowest BCUT2D eigenvalue weighted by molar-refractivity contribution is 0.303. The number of rotatable bonds is 8. The van der Waals surface area contributed by atoms with Crippen LogP contribution in [0.3, 0.4) is 0 Å². The van der Waals surface area contributed by atoms with E-state index in [1.807, 2.05) is 0 Å². The number of hydrogen-bond acceptors (Lipinski definition) is 2. The van der Waals surface area contributed by atoms with Gasteiger partial charge in [-0.15, -0.1) is 0 Å². The molecule has 0 amide bonds. The summed E-state index contributed by atoms with van der Waals surface area (Å²) in [5.41, 5.74) is 1.39. The van der Waals surface area contributed by atoms with Gasteiger partial charge in [0.15, 0.2) is 0 Å². The fourth-order valence-corrected chi connectivity index (χ4v) is 2.22. The van der Waals surface area contributed by atoms with Crippen LogP contribution in [-0.2, 0) is 6.42 Å². The Morgan fingerprint density at radius 3 is 2.68 bits per heavy atom. The van der Waals surface area contributed by atoms with Crippen LogP contribution in [0, 0.1) is 11.8 Å². The predicted molar refractivity (Wildman–Crippen MR) is 80.7 cm³/mol. The summed E-state index contributed by atoms with van der Waals surface area (Å²) in [7, 11) is 0. The Hall–Kier alpha value is -1.02. The van der Waals surface area contributed by atoms with Crippen molar-refractivity contribution >= 4 is 0 Å². The van der Waals surface area contributed by atoms with Gasteiger partial charge >= 0.3 is 0 Å². The minimum Gasteiger partial charge on any atom is -0.490 e. The van der Waals surface area contributed by atoms with Crippen molar-refractivity contribution in [3.05, 3.63) is 29.8 Å². The van der Waals surface area contributed by atoms with Crippen molar-refractivity contribution in [3.63, 3.8) is 0 Å². The highest BCUT2D eigenvalue weighted by atomic mass is 16.5. The molecule has 0 heterocycles. The van der Waals surface area contributed by atoms with E-state index in [4.69, 9.17) is 4.74 Å². The van der Waals surface area contributed by atoms with Crippen molar-refractivity contribution in [2.24, 2.45) is 11.8 Å². The summed E-state index contributed by atoms with van der Waals surface area (Å²) in [6.45, 7) is 9.00. The third kappa shape index (κ3) is 5.65. The average molecular weight is 261 g/mol. The van der Waals surface area contributed by atoms with Crippen molar-refractivity contribution in [2.75, 3.05) is 13.1 Å². The minimum absolute atomic E-state index is 0.486. The molecule has 2 nitrogen and oxygen atoms in total. The largest absolute Gasteiger partial charge is 0.490 e. The van der Waals surface area contributed by atoms with Crippen molar-refractivity contribution in [1.82, 2.24) is 5.32 Å². The molecular formula is C17H27NO. The molecule has 0 aliphatic heterocycles. The van der Waals surface area contributed by atoms with Gasteiger partial charge in [-0.2, -0.15) is 0 Å². The average Bonchev–Trinajstić information content (AvgIpc) is 3.12. The first-order valence-corrected chi connectivity index (χ1v) is 7.60. The smallest absolute Gasteiger partial charge is 0.119 e. The summed E-state index contributed by atoms with van der Waals surface area (Å²) in [6.07, 6.45) is 4.05. The maximum atomic E-state index is 5.84. The van der Waals surface area contributed by atoms with Gasteiger partial charge in [-0.05, 0) is 61.9 Å². The first-order valence-electron chi connectivity index (χ1n) is 7.60. The Kier molecular flexibility index (Phi) is 5.26. The predicted octanol–water partition coefficient (Wildman–Crippen LogP) is 3.65. The maximum absolute atomic E-state index is 5.84. The summed E-state index contributed by atoms with van der Waals surface area (Å²) in [5, 5.41) is 3.53. The lowest BCUT2D eigenvalue weighted by atomic mass is 10.0. The first kappa shape index (κ1) is 14.4. The third-order valence-electron chi connectivity index (χ3n) is 3.36. The van der Waals surface area contributed by atoms with Crippen LogP contribution in [0.2, 0.25) is 0 Å². The van der Waals surface area contributed by atoms with Crippen LogP contribution in [0.5, 0.6) is 5.75 Å². The van der Waals surface area contributed by atoms with Crippen molar-refractivity contribution in [2.45, 2.75) is 46.1 Å². The molecule has 0 saturated heterocycles. The monoisotopic (exact) mass is 261 g/mol. The summed E-state index contributed by atoms with van der Waals surface area (Å²) in [4.78, 5) is 0. The van der Waals surface area contributed by atoms with E-state index in [0.29, 0.717) is 12.0 Å². The van der Waals surface area contributed by atoms with Gasteiger partial charge in [0.25, 0.3) is 0 Å². The zero-order valence-electron chi connectivity index (χ0n) is 12.5. The zero-order valence-corrected chi connectivity index (χ0v) is 12.5. The molecule has 0 spiro atoms. The van der Waals surface area contributed by atoms with Crippen LogP contribution in [0.4, 0.5) is 0 Å². The van der Waals surface area contributed by atoms with Gasteiger partial charge in [-0.1, -0.05) is 32.9 Å². The summed E-state index contributed by atoms with van der Waals surface area (Å²) in [6, 6.07) is 8.60. The van der Waals surface area contributed by atoms with Crippen LogP contribution in [0.25, 0.3) is 0 Å². The van der Waals surface area contributed by atoms with Crippen molar-refractivity contribution < 1.29 is 4.74 Å². The molecule has 1 aromatic carbocycles. The molecule has 2 heteroatoms. The van der Waals surface area contributed by atoms with E-state index < -0.39 is 0 Å². The SMILES string of the molecule is CC(C)CNCC(C)Cc1cccc(OC2CC2)c1. The first-order chi connectivity index (χ1) is 9.13. The van der Waals surface area contributed by atoms with Crippen molar-refractivity contribution in [1.29, 1.82) is 0 Å². The summed E-state index contributed by atoms with van der Waals surface area (Å²) < 4.78 is 5.84.